The smallest absolute Gasteiger partial charge is 0.175 e. The van der Waals surface area contributed by atoms with Gasteiger partial charge in [0.1, 0.15) is 0 Å². The van der Waals surface area contributed by atoms with Crippen molar-refractivity contribution in [2.45, 2.75) is 51.7 Å². The Balaban J connectivity index is 1.80. The molecule has 3 fully saturated rings. The van der Waals surface area contributed by atoms with E-state index in [1.54, 1.807) is 0 Å². The van der Waals surface area contributed by atoms with E-state index in [9.17, 15) is 5.11 Å². The third-order valence-electron chi connectivity index (χ3n) is 5.18. The molecule has 0 spiro atoms. The normalized spacial score (nSPS) is 28.8. The number of benzene rings is 1. The van der Waals surface area contributed by atoms with Gasteiger partial charge < -0.3 is 14.6 Å². The lowest BCUT2D eigenvalue weighted by Crippen LogP contribution is -2.58. The molecule has 3 saturated heterocycles. The number of halogens is 1. The summed E-state index contributed by atoms with van der Waals surface area (Å²) in [7, 11) is 0. The topological polar surface area (TPSA) is 41.9 Å². The maximum atomic E-state index is 10.6. The Bertz CT molecular complexity index is 556. The fourth-order valence-electron chi connectivity index (χ4n) is 3.96. The van der Waals surface area contributed by atoms with Crippen LogP contribution >= 0.6 is 15.9 Å². The molecule has 1 aromatic carbocycles. The van der Waals surface area contributed by atoms with E-state index in [0.717, 1.165) is 54.7 Å². The largest absolute Gasteiger partial charge is 0.490 e. The summed E-state index contributed by atoms with van der Waals surface area (Å²) >= 11 is 3.64. The zero-order chi connectivity index (χ0) is 17.1. The van der Waals surface area contributed by atoms with Crippen LogP contribution in [0.4, 0.5) is 0 Å². The Morgan fingerprint density at radius 1 is 1.21 bits per heavy atom. The Morgan fingerprint density at radius 2 is 1.96 bits per heavy atom. The second-order valence-electron chi connectivity index (χ2n) is 6.82. The quantitative estimate of drug-likeness (QED) is 0.762. The SMILES string of the molecule is CCCOc1c(Br)cc(CC2C(O)C3CCN2CC3)cc1OCC. The average molecular weight is 398 g/mol. The van der Waals surface area contributed by atoms with Crippen LogP contribution in [0.5, 0.6) is 11.5 Å². The minimum absolute atomic E-state index is 0.210. The molecule has 2 bridgehead atoms. The number of nitrogens with zero attached hydrogens (tertiary/aromatic N) is 1. The zero-order valence-corrected chi connectivity index (χ0v) is 16.2. The van der Waals surface area contributed by atoms with Gasteiger partial charge in [-0.1, -0.05) is 6.92 Å². The highest BCUT2D eigenvalue weighted by Gasteiger charge is 2.41. The molecule has 5 heteroatoms. The minimum Gasteiger partial charge on any atom is -0.490 e. The second kappa shape index (κ2) is 8.07. The summed E-state index contributed by atoms with van der Waals surface area (Å²) in [5, 5.41) is 10.6. The number of fused-ring (bicyclic) bond motifs is 3. The molecule has 4 rings (SSSR count). The van der Waals surface area contributed by atoms with E-state index >= 15 is 0 Å². The van der Waals surface area contributed by atoms with Crippen LogP contribution in [0, 0.1) is 5.92 Å². The van der Waals surface area contributed by atoms with Crippen molar-refractivity contribution >= 4 is 15.9 Å². The maximum Gasteiger partial charge on any atom is 0.175 e. The highest BCUT2D eigenvalue weighted by atomic mass is 79.9. The van der Waals surface area contributed by atoms with Crippen molar-refractivity contribution in [3.05, 3.63) is 22.2 Å². The molecule has 1 aromatic rings. The molecule has 3 aliphatic heterocycles. The predicted molar refractivity (Wildman–Crippen MR) is 98.9 cm³/mol. The highest BCUT2D eigenvalue weighted by Crippen LogP contribution is 2.39. The Kier molecular flexibility index (Phi) is 6.06. The fraction of sp³-hybridized carbons (Fsp3) is 0.684. The van der Waals surface area contributed by atoms with Crippen molar-refractivity contribution in [3.8, 4) is 11.5 Å². The fourth-order valence-corrected chi connectivity index (χ4v) is 4.56. The van der Waals surface area contributed by atoms with Crippen LogP contribution in [0.2, 0.25) is 0 Å². The van der Waals surface area contributed by atoms with Gasteiger partial charge in [0.15, 0.2) is 11.5 Å². The molecule has 0 aliphatic carbocycles. The summed E-state index contributed by atoms with van der Waals surface area (Å²) in [6.45, 7) is 7.59. The Morgan fingerprint density at radius 3 is 2.58 bits per heavy atom. The van der Waals surface area contributed by atoms with E-state index in [1.807, 2.05) is 6.92 Å². The molecule has 0 saturated carbocycles. The van der Waals surface area contributed by atoms with Crippen LogP contribution in [0.25, 0.3) is 0 Å². The van der Waals surface area contributed by atoms with E-state index in [1.165, 1.54) is 5.56 Å². The van der Waals surface area contributed by atoms with Gasteiger partial charge in [-0.05, 0) is 85.2 Å². The predicted octanol–water partition coefficient (Wildman–Crippen LogP) is 3.63. The van der Waals surface area contributed by atoms with Crippen molar-refractivity contribution in [1.82, 2.24) is 4.90 Å². The zero-order valence-electron chi connectivity index (χ0n) is 14.6. The van der Waals surface area contributed by atoms with Crippen LogP contribution in [-0.4, -0.2) is 48.5 Å². The Hall–Kier alpha value is -0.780. The van der Waals surface area contributed by atoms with Gasteiger partial charge in [0.05, 0.1) is 23.8 Å². The van der Waals surface area contributed by atoms with Crippen molar-refractivity contribution in [2.24, 2.45) is 5.92 Å². The number of hydrogen-bond acceptors (Lipinski definition) is 4. The number of ether oxygens (including phenoxy) is 2. The first-order chi connectivity index (χ1) is 11.6. The second-order valence-corrected chi connectivity index (χ2v) is 7.68. The summed E-state index contributed by atoms with van der Waals surface area (Å²) in [4.78, 5) is 2.44. The van der Waals surface area contributed by atoms with Gasteiger partial charge >= 0.3 is 0 Å². The van der Waals surface area contributed by atoms with E-state index in [4.69, 9.17) is 9.47 Å². The molecule has 2 atom stereocenters. The maximum absolute atomic E-state index is 10.6. The van der Waals surface area contributed by atoms with Crippen molar-refractivity contribution in [2.75, 3.05) is 26.3 Å². The molecule has 1 N–H and O–H groups in total. The van der Waals surface area contributed by atoms with Crippen molar-refractivity contribution in [3.63, 3.8) is 0 Å². The summed E-state index contributed by atoms with van der Waals surface area (Å²) in [6.07, 6.45) is 3.87. The number of hydrogen-bond donors (Lipinski definition) is 1. The molecule has 4 nitrogen and oxygen atoms in total. The van der Waals surface area contributed by atoms with E-state index in [2.05, 4.69) is 39.9 Å². The first kappa shape index (κ1) is 18.0. The lowest BCUT2D eigenvalue weighted by molar-refractivity contribution is -0.0715. The van der Waals surface area contributed by atoms with Gasteiger partial charge in [0, 0.05) is 6.04 Å². The molecule has 2 unspecified atom stereocenters. The van der Waals surface area contributed by atoms with Crippen LogP contribution in [0.15, 0.2) is 16.6 Å². The lowest BCUT2D eigenvalue weighted by Gasteiger charge is -2.49. The van der Waals surface area contributed by atoms with E-state index in [0.29, 0.717) is 19.1 Å². The van der Waals surface area contributed by atoms with Crippen LogP contribution in [-0.2, 0) is 6.42 Å². The first-order valence-corrected chi connectivity index (χ1v) is 9.93. The molecule has 3 heterocycles. The number of piperidine rings is 3. The first-order valence-electron chi connectivity index (χ1n) is 9.14. The number of aliphatic hydroxyl groups excluding tert-OH is 1. The third-order valence-corrected chi connectivity index (χ3v) is 5.77. The van der Waals surface area contributed by atoms with E-state index in [-0.39, 0.29) is 12.1 Å². The van der Waals surface area contributed by atoms with Gasteiger partial charge in [-0.15, -0.1) is 0 Å². The van der Waals surface area contributed by atoms with Crippen LogP contribution in [0.3, 0.4) is 0 Å². The van der Waals surface area contributed by atoms with Gasteiger partial charge in [-0.25, -0.2) is 0 Å². The van der Waals surface area contributed by atoms with Gasteiger partial charge in [0.25, 0.3) is 0 Å². The third kappa shape index (κ3) is 3.73. The monoisotopic (exact) mass is 397 g/mol. The van der Waals surface area contributed by atoms with Crippen molar-refractivity contribution < 1.29 is 14.6 Å². The number of rotatable bonds is 7. The summed E-state index contributed by atoms with van der Waals surface area (Å²) < 4.78 is 12.6. The van der Waals surface area contributed by atoms with E-state index < -0.39 is 0 Å². The molecular weight excluding hydrogens is 370 g/mol. The van der Waals surface area contributed by atoms with Crippen LogP contribution in [0.1, 0.15) is 38.7 Å². The lowest BCUT2D eigenvalue weighted by atomic mass is 9.78. The minimum atomic E-state index is -0.210. The summed E-state index contributed by atoms with van der Waals surface area (Å²) in [6, 6.07) is 4.42. The summed E-state index contributed by atoms with van der Waals surface area (Å²) in [5.41, 5.74) is 1.19. The Labute approximate surface area is 153 Å². The molecule has 0 radical (unpaired) electrons. The molecule has 134 valence electrons. The molecule has 24 heavy (non-hydrogen) atoms. The summed E-state index contributed by atoms with van der Waals surface area (Å²) in [5.74, 6) is 2.05. The van der Waals surface area contributed by atoms with Crippen molar-refractivity contribution in [1.29, 1.82) is 0 Å². The molecule has 3 aliphatic rings. The molecular formula is C19H28BrNO3. The number of aliphatic hydroxyl groups is 1. The van der Waals surface area contributed by atoms with Gasteiger partial charge in [-0.2, -0.15) is 0 Å². The average Bonchev–Trinajstić information content (AvgIpc) is 2.58. The molecule has 0 amide bonds. The molecule has 0 aromatic heterocycles. The van der Waals surface area contributed by atoms with Gasteiger partial charge in [0.2, 0.25) is 0 Å². The standard InChI is InChI=1S/C19H28BrNO3/c1-3-9-24-19-15(20)10-13(12-17(19)23-4-2)11-16-18(22)14-5-7-21(16)8-6-14/h10,12,14,16,18,22H,3-9,11H2,1-2H3. The van der Waals surface area contributed by atoms with Crippen LogP contribution < -0.4 is 9.47 Å². The highest BCUT2D eigenvalue weighted by molar-refractivity contribution is 9.10. The van der Waals surface area contributed by atoms with Gasteiger partial charge in [-0.3, -0.25) is 4.90 Å².